The molecular weight excluding hydrogens is 260 g/mol. The molecule has 0 radical (unpaired) electrons. The minimum Gasteiger partial charge on any atom is -0.496 e. The lowest BCUT2D eigenvalue weighted by Gasteiger charge is -2.25. The first kappa shape index (κ1) is 16.4. The molecule has 0 amide bonds. The molecule has 0 aliphatic heterocycles. The minimum absolute atomic E-state index is 0.0161. The van der Waals surface area contributed by atoms with Crippen LogP contribution in [0.15, 0.2) is 12.1 Å². The third kappa shape index (κ3) is 3.42. The van der Waals surface area contributed by atoms with Gasteiger partial charge in [0.2, 0.25) is 0 Å². The Hall–Kier alpha value is -1.02. The highest BCUT2D eigenvalue weighted by molar-refractivity contribution is 5.49. The number of hydrogen-bond donors (Lipinski definition) is 1. The summed E-state index contributed by atoms with van der Waals surface area (Å²) in [6, 6.07) is 4.31. The van der Waals surface area contributed by atoms with Crippen LogP contribution in [0.25, 0.3) is 0 Å². The molecule has 0 spiro atoms. The van der Waals surface area contributed by atoms with Gasteiger partial charge in [-0.3, -0.25) is 0 Å². The molecule has 0 bridgehead atoms. The second-order valence-corrected chi connectivity index (χ2v) is 8.68. The Morgan fingerprint density at radius 3 is 2.24 bits per heavy atom. The molecule has 2 nitrogen and oxygen atoms in total. The normalized spacial score (nSPS) is 22.3. The fourth-order valence-electron chi connectivity index (χ4n) is 3.46. The van der Waals surface area contributed by atoms with Gasteiger partial charge in [-0.15, -0.1) is 0 Å². The van der Waals surface area contributed by atoms with Crippen LogP contribution in [-0.4, -0.2) is 12.2 Å². The van der Waals surface area contributed by atoms with Crippen molar-refractivity contribution in [3.05, 3.63) is 28.8 Å². The van der Waals surface area contributed by atoms with E-state index in [2.05, 4.69) is 53.7 Å². The van der Waals surface area contributed by atoms with Crippen molar-refractivity contribution >= 4 is 0 Å². The van der Waals surface area contributed by atoms with E-state index in [1.54, 1.807) is 7.11 Å². The summed E-state index contributed by atoms with van der Waals surface area (Å²) in [5.74, 6) is 1.27. The van der Waals surface area contributed by atoms with E-state index in [0.717, 1.165) is 24.2 Å². The molecule has 1 aromatic carbocycles. The lowest BCUT2D eigenvalue weighted by Crippen LogP contribution is -2.17. The van der Waals surface area contributed by atoms with Crippen molar-refractivity contribution in [2.45, 2.75) is 65.9 Å². The van der Waals surface area contributed by atoms with E-state index in [1.807, 2.05) is 0 Å². The number of fused-ring (bicyclic) bond motifs is 1. The first-order valence-electron chi connectivity index (χ1n) is 7.92. The molecule has 2 unspecified atom stereocenters. The Morgan fingerprint density at radius 1 is 1.14 bits per heavy atom. The van der Waals surface area contributed by atoms with E-state index >= 15 is 0 Å². The highest BCUT2D eigenvalue weighted by Gasteiger charge is 2.35. The van der Waals surface area contributed by atoms with Crippen molar-refractivity contribution in [1.29, 1.82) is 0 Å². The summed E-state index contributed by atoms with van der Waals surface area (Å²) in [5, 5.41) is 10.7. The van der Waals surface area contributed by atoms with Gasteiger partial charge in [-0.1, -0.05) is 41.5 Å². The van der Waals surface area contributed by atoms with E-state index in [4.69, 9.17) is 4.74 Å². The molecule has 2 rings (SSSR count). The smallest absolute Gasteiger partial charge is 0.122 e. The second-order valence-electron chi connectivity index (χ2n) is 8.68. The van der Waals surface area contributed by atoms with Crippen molar-refractivity contribution in [2.24, 2.45) is 11.3 Å². The zero-order valence-electron chi connectivity index (χ0n) is 14.6. The zero-order valence-corrected chi connectivity index (χ0v) is 14.6. The standard InChI is InChI=1S/C19H30O2/c1-18(2,3)11-13-8-12-9-16(21-7)15(19(4,5)6)10-14(12)17(13)20/h9-10,13,17,20H,8,11H2,1-7H3. The molecule has 1 aliphatic rings. The molecule has 1 N–H and O–H groups in total. The van der Waals surface area contributed by atoms with Gasteiger partial charge in [0.1, 0.15) is 5.75 Å². The Kier molecular flexibility index (Phi) is 4.14. The largest absolute Gasteiger partial charge is 0.496 e. The van der Waals surface area contributed by atoms with Crippen molar-refractivity contribution in [3.63, 3.8) is 0 Å². The quantitative estimate of drug-likeness (QED) is 0.860. The average molecular weight is 290 g/mol. The van der Waals surface area contributed by atoms with Crippen LogP contribution in [0, 0.1) is 11.3 Å². The van der Waals surface area contributed by atoms with Crippen LogP contribution in [0.3, 0.4) is 0 Å². The van der Waals surface area contributed by atoms with Crippen LogP contribution < -0.4 is 4.74 Å². The molecule has 2 atom stereocenters. The molecule has 0 saturated heterocycles. The van der Waals surface area contributed by atoms with Crippen molar-refractivity contribution < 1.29 is 9.84 Å². The van der Waals surface area contributed by atoms with Crippen molar-refractivity contribution in [1.82, 2.24) is 0 Å². The van der Waals surface area contributed by atoms with Crippen molar-refractivity contribution in [2.75, 3.05) is 7.11 Å². The van der Waals surface area contributed by atoms with E-state index in [-0.39, 0.29) is 16.9 Å². The first-order chi connectivity index (χ1) is 9.53. The number of ether oxygens (including phenoxy) is 1. The SMILES string of the molecule is COc1cc2c(cc1C(C)(C)C)C(O)C(CC(C)(C)C)C2. The predicted molar refractivity (Wildman–Crippen MR) is 87.9 cm³/mol. The predicted octanol–water partition coefficient (Wildman–Crippen LogP) is 4.63. The third-order valence-corrected chi connectivity index (χ3v) is 4.39. The molecular formula is C19H30O2. The van der Waals surface area contributed by atoms with Gasteiger partial charge in [0.05, 0.1) is 13.2 Å². The van der Waals surface area contributed by atoms with Gasteiger partial charge in [-0.25, -0.2) is 0 Å². The van der Waals surface area contributed by atoms with Crippen LogP contribution in [0.1, 0.15) is 70.8 Å². The van der Waals surface area contributed by atoms with E-state index < -0.39 is 0 Å². The molecule has 2 heteroatoms. The highest BCUT2D eigenvalue weighted by Crippen LogP contribution is 2.45. The summed E-state index contributed by atoms with van der Waals surface area (Å²) in [6.45, 7) is 13.3. The Morgan fingerprint density at radius 2 is 1.76 bits per heavy atom. The Balaban J connectivity index is 2.39. The van der Waals surface area contributed by atoms with E-state index in [1.165, 1.54) is 11.1 Å². The third-order valence-electron chi connectivity index (χ3n) is 4.39. The van der Waals surface area contributed by atoms with Crippen LogP contribution >= 0.6 is 0 Å². The molecule has 1 aliphatic carbocycles. The van der Waals surface area contributed by atoms with Gasteiger partial charge in [-0.05, 0) is 58.4 Å². The van der Waals surface area contributed by atoms with Gasteiger partial charge in [-0.2, -0.15) is 0 Å². The van der Waals surface area contributed by atoms with Crippen LogP contribution in [-0.2, 0) is 11.8 Å². The first-order valence-corrected chi connectivity index (χ1v) is 7.92. The zero-order chi connectivity index (χ0) is 16.0. The summed E-state index contributed by atoms with van der Waals surface area (Å²) >= 11 is 0. The minimum atomic E-state index is -0.341. The molecule has 0 heterocycles. The fraction of sp³-hybridized carbons (Fsp3) is 0.684. The van der Waals surface area contributed by atoms with Gasteiger partial charge in [0.15, 0.2) is 0 Å². The maximum atomic E-state index is 10.7. The summed E-state index contributed by atoms with van der Waals surface area (Å²) < 4.78 is 5.59. The summed E-state index contributed by atoms with van der Waals surface area (Å²) in [7, 11) is 1.73. The number of rotatable bonds is 2. The maximum Gasteiger partial charge on any atom is 0.122 e. The monoisotopic (exact) mass is 290 g/mol. The topological polar surface area (TPSA) is 29.5 Å². The van der Waals surface area contributed by atoms with Gasteiger partial charge in [0.25, 0.3) is 0 Å². The van der Waals surface area contributed by atoms with Crippen LogP contribution in [0.4, 0.5) is 0 Å². The number of hydrogen-bond acceptors (Lipinski definition) is 2. The molecule has 21 heavy (non-hydrogen) atoms. The molecule has 118 valence electrons. The fourth-order valence-corrected chi connectivity index (χ4v) is 3.46. The van der Waals surface area contributed by atoms with Gasteiger partial charge >= 0.3 is 0 Å². The highest BCUT2D eigenvalue weighted by atomic mass is 16.5. The van der Waals surface area contributed by atoms with E-state index in [9.17, 15) is 5.11 Å². The second kappa shape index (κ2) is 5.31. The molecule has 0 aromatic heterocycles. The maximum absolute atomic E-state index is 10.7. The lowest BCUT2D eigenvalue weighted by atomic mass is 9.82. The Bertz CT molecular complexity index is 518. The summed E-state index contributed by atoms with van der Waals surface area (Å²) in [6.07, 6.45) is 1.65. The van der Waals surface area contributed by atoms with Crippen LogP contribution in [0.2, 0.25) is 0 Å². The van der Waals surface area contributed by atoms with Gasteiger partial charge in [0, 0.05) is 0 Å². The number of benzene rings is 1. The average Bonchev–Trinajstić information content (AvgIpc) is 2.61. The number of aliphatic hydroxyl groups excluding tert-OH is 1. The molecule has 1 aromatic rings. The number of methoxy groups -OCH3 is 1. The molecule has 0 saturated carbocycles. The molecule has 0 fully saturated rings. The summed E-state index contributed by atoms with van der Waals surface area (Å²) in [4.78, 5) is 0. The Labute approximate surface area is 129 Å². The van der Waals surface area contributed by atoms with Crippen molar-refractivity contribution in [3.8, 4) is 5.75 Å². The number of aliphatic hydroxyl groups is 1. The van der Waals surface area contributed by atoms with Crippen LogP contribution in [0.5, 0.6) is 5.75 Å². The van der Waals surface area contributed by atoms with E-state index in [0.29, 0.717) is 5.92 Å². The van der Waals surface area contributed by atoms with Gasteiger partial charge < -0.3 is 9.84 Å². The summed E-state index contributed by atoms with van der Waals surface area (Å²) in [5.41, 5.74) is 3.79. The lowest BCUT2D eigenvalue weighted by molar-refractivity contribution is 0.0955.